The Morgan fingerprint density at radius 2 is 2.22 bits per heavy atom. The second-order valence-electron chi connectivity index (χ2n) is 4.12. The Kier molecular flexibility index (Phi) is 5.36. The van der Waals surface area contributed by atoms with Gasteiger partial charge in [0.25, 0.3) is 0 Å². The van der Waals surface area contributed by atoms with Gasteiger partial charge in [-0.1, -0.05) is 24.8 Å². The van der Waals surface area contributed by atoms with Gasteiger partial charge >= 0.3 is 5.97 Å². The fourth-order valence-corrected chi connectivity index (χ4v) is 1.71. The molecule has 18 heavy (non-hydrogen) atoms. The zero-order valence-corrected chi connectivity index (χ0v) is 10.9. The van der Waals surface area contributed by atoms with E-state index in [1.807, 2.05) is 18.2 Å². The van der Waals surface area contributed by atoms with Gasteiger partial charge < -0.3 is 9.64 Å². The molecule has 0 bridgehead atoms. The van der Waals surface area contributed by atoms with Gasteiger partial charge in [-0.2, -0.15) is 0 Å². The molecule has 1 heterocycles. The van der Waals surface area contributed by atoms with E-state index in [0.29, 0.717) is 18.5 Å². The van der Waals surface area contributed by atoms with E-state index in [4.69, 9.17) is 4.74 Å². The third-order valence-electron chi connectivity index (χ3n) is 2.75. The number of rotatable bonds is 6. The summed E-state index contributed by atoms with van der Waals surface area (Å²) < 4.78 is 4.74. The Hall–Kier alpha value is -1.84. The average Bonchev–Trinajstić information content (AvgIpc) is 3.11. The van der Waals surface area contributed by atoms with E-state index in [9.17, 15) is 9.59 Å². The lowest BCUT2D eigenvalue weighted by Gasteiger charge is -2.04. The van der Waals surface area contributed by atoms with Crippen LogP contribution in [-0.2, 0) is 14.3 Å². The Bertz CT molecular complexity index is 396. The summed E-state index contributed by atoms with van der Waals surface area (Å²) in [7, 11) is 1.37. The highest BCUT2D eigenvalue weighted by atomic mass is 16.5. The molecule has 1 amide bonds. The molecule has 98 valence electrons. The molecule has 1 saturated heterocycles. The van der Waals surface area contributed by atoms with Crippen molar-refractivity contribution in [2.75, 3.05) is 13.7 Å². The summed E-state index contributed by atoms with van der Waals surface area (Å²) in [5.41, 5.74) is 0.625. The molecule has 4 heteroatoms. The molecule has 0 aromatic rings. The van der Waals surface area contributed by atoms with Gasteiger partial charge in [0.15, 0.2) is 0 Å². The van der Waals surface area contributed by atoms with Crippen molar-refractivity contribution < 1.29 is 14.3 Å². The SMILES string of the molecule is C=C/C=C/CC/C(=C\C1CN1C(C)=O)C(=O)OC. The van der Waals surface area contributed by atoms with E-state index < -0.39 is 0 Å². The van der Waals surface area contributed by atoms with Gasteiger partial charge in [0.2, 0.25) is 5.91 Å². The Morgan fingerprint density at radius 3 is 2.72 bits per heavy atom. The zero-order chi connectivity index (χ0) is 13.5. The number of ether oxygens (including phenoxy) is 1. The van der Waals surface area contributed by atoms with Crippen molar-refractivity contribution >= 4 is 11.9 Å². The van der Waals surface area contributed by atoms with Crippen LogP contribution in [0.15, 0.2) is 36.5 Å². The lowest BCUT2D eigenvalue weighted by Crippen LogP contribution is -2.10. The molecule has 0 radical (unpaired) electrons. The molecule has 1 unspecified atom stereocenters. The lowest BCUT2D eigenvalue weighted by molar-refractivity contribution is -0.136. The van der Waals surface area contributed by atoms with Crippen LogP contribution in [0.25, 0.3) is 0 Å². The minimum atomic E-state index is -0.322. The molecular formula is C14H19NO3. The van der Waals surface area contributed by atoms with Crippen LogP contribution in [0, 0.1) is 0 Å². The van der Waals surface area contributed by atoms with Gasteiger partial charge in [0, 0.05) is 19.0 Å². The number of carbonyl (C=O) groups excluding carboxylic acids is 2. The number of allylic oxidation sites excluding steroid dienone is 3. The van der Waals surface area contributed by atoms with Crippen LogP contribution in [-0.4, -0.2) is 36.5 Å². The summed E-state index contributed by atoms with van der Waals surface area (Å²) in [6.07, 6.45) is 8.67. The Morgan fingerprint density at radius 1 is 1.50 bits per heavy atom. The Labute approximate surface area is 108 Å². The van der Waals surface area contributed by atoms with E-state index in [2.05, 4.69) is 6.58 Å². The molecule has 4 nitrogen and oxygen atoms in total. The van der Waals surface area contributed by atoms with Crippen molar-refractivity contribution in [3.8, 4) is 0 Å². The molecule has 0 aromatic carbocycles. The normalized spacial score (nSPS) is 18.9. The summed E-state index contributed by atoms with van der Waals surface area (Å²) in [6.45, 7) is 5.80. The highest BCUT2D eigenvalue weighted by Crippen LogP contribution is 2.22. The predicted molar refractivity (Wildman–Crippen MR) is 69.8 cm³/mol. The second-order valence-corrected chi connectivity index (χ2v) is 4.12. The minimum absolute atomic E-state index is 0.0343. The Balaban J connectivity index is 2.59. The minimum Gasteiger partial charge on any atom is -0.466 e. The molecule has 0 aliphatic carbocycles. The zero-order valence-electron chi connectivity index (χ0n) is 10.9. The summed E-state index contributed by atoms with van der Waals surface area (Å²) >= 11 is 0. The van der Waals surface area contributed by atoms with Crippen molar-refractivity contribution in [1.82, 2.24) is 4.90 Å². The van der Waals surface area contributed by atoms with Crippen LogP contribution in [0.3, 0.4) is 0 Å². The first kappa shape index (κ1) is 14.2. The van der Waals surface area contributed by atoms with Gasteiger partial charge in [-0.3, -0.25) is 4.79 Å². The molecule has 0 saturated carbocycles. The summed E-state index contributed by atoms with van der Waals surface area (Å²) in [5.74, 6) is -0.288. The van der Waals surface area contributed by atoms with E-state index in [1.165, 1.54) is 14.0 Å². The van der Waals surface area contributed by atoms with Crippen LogP contribution in [0.1, 0.15) is 19.8 Å². The number of methoxy groups -OCH3 is 1. The van der Waals surface area contributed by atoms with Gasteiger partial charge in [-0.25, -0.2) is 4.79 Å². The molecular weight excluding hydrogens is 230 g/mol. The first-order valence-corrected chi connectivity index (χ1v) is 5.94. The third kappa shape index (κ3) is 4.20. The molecule has 0 N–H and O–H groups in total. The molecule has 1 aliphatic heterocycles. The summed E-state index contributed by atoms with van der Waals surface area (Å²) in [6, 6.07) is 0.0555. The van der Waals surface area contributed by atoms with Crippen LogP contribution in [0.4, 0.5) is 0 Å². The average molecular weight is 249 g/mol. The van der Waals surface area contributed by atoms with E-state index in [-0.39, 0.29) is 17.9 Å². The third-order valence-corrected chi connectivity index (χ3v) is 2.75. The largest absolute Gasteiger partial charge is 0.466 e. The van der Waals surface area contributed by atoms with Gasteiger partial charge in [0.1, 0.15) is 0 Å². The van der Waals surface area contributed by atoms with E-state index in [1.54, 1.807) is 11.0 Å². The molecule has 1 rings (SSSR count). The molecule has 0 spiro atoms. The van der Waals surface area contributed by atoms with Crippen molar-refractivity contribution in [1.29, 1.82) is 0 Å². The highest BCUT2D eigenvalue weighted by molar-refractivity contribution is 5.89. The van der Waals surface area contributed by atoms with Crippen LogP contribution in [0.2, 0.25) is 0 Å². The van der Waals surface area contributed by atoms with Crippen LogP contribution in [0.5, 0.6) is 0 Å². The number of amides is 1. The number of hydrogen-bond acceptors (Lipinski definition) is 3. The van der Waals surface area contributed by atoms with Crippen LogP contribution < -0.4 is 0 Å². The predicted octanol–water partition coefficient (Wildman–Crippen LogP) is 1.84. The lowest BCUT2D eigenvalue weighted by atomic mass is 10.1. The van der Waals surface area contributed by atoms with Crippen molar-refractivity contribution in [3.63, 3.8) is 0 Å². The number of carbonyl (C=O) groups is 2. The fourth-order valence-electron chi connectivity index (χ4n) is 1.71. The van der Waals surface area contributed by atoms with Crippen molar-refractivity contribution in [2.45, 2.75) is 25.8 Å². The van der Waals surface area contributed by atoms with Gasteiger partial charge in [-0.15, -0.1) is 0 Å². The number of hydrogen-bond donors (Lipinski definition) is 0. The molecule has 0 aromatic heterocycles. The summed E-state index contributed by atoms with van der Waals surface area (Å²) in [4.78, 5) is 24.4. The van der Waals surface area contributed by atoms with Gasteiger partial charge in [0.05, 0.1) is 13.2 Å². The van der Waals surface area contributed by atoms with E-state index in [0.717, 1.165) is 6.42 Å². The maximum atomic E-state index is 11.6. The maximum Gasteiger partial charge on any atom is 0.333 e. The number of nitrogens with zero attached hydrogens (tertiary/aromatic N) is 1. The van der Waals surface area contributed by atoms with Crippen LogP contribution >= 0.6 is 0 Å². The maximum absolute atomic E-state index is 11.6. The van der Waals surface area contributed by atoms with Crippen molar-refractivity contribution in [2.24, 2.45) is 0 Å². The molecule has 1 aliphatic rings. The topological polar surface area (TPSA) is 46.4 Å². The standard InChI is InChI=1S/C14H19NO3/c1-4-5-6-7-8-12(14(17)18-3)9-13-10-15(13)11(2)16/h4-6,9,13H,1,7-8,10H2,2-3H3/b6-5+,12-9+. The molecule has 1 fully saturated rings. The second kappa shape index (κ2) is 6.79. The fraction of sp³-hybridized carbons (Fsp3) is 0.429. The first-order valence-electron chi connectivity index (χ1n) is 5.94. The molecule has 1 atom stereocenters. The van der Waals surface area contributed by atoms with Crippen molar-refractivity contribution in [3.05, 3.63) is 36.5 Å². The number of esters is 1. The first-order chi connectivity index (χ1) is 8.60. The van der Waals surface area contributed by atoms with E-state index >= 15 is 0 Å². The monoisotopic (exact) mass is 249 g/mol. The highest BCUT2D eigenvalue weighted by Gasteiger charge is 2.35. The summed E-state index contributed by atoms with van der Waals surface area (Å²) in [5, 5.41) is 0. The quantitative estimate of drug-likeness (QED) is 0.312. The smallest absolute Gasteiger partial charge is 0.333 e. The van der Waals surface area contributed by atoms with Gasteiger partial charge in [-0.05, 0) is 18.9 Å².